The van der Waals surface area contributed by atoms with Crippen LogP contribution >= 0.6 is 11.6 Å². The Kier molecular flexibility index (Phi) is 5.98. The maximum atomic E-state index is 6.20. The average molecular weight is 396 g/mol. The van der Waals surface area contributed by atoms with Crippen LogP contribution in [0.2, 0.25) is 5.02 Å². The molecular weight excluding hydrogens is 370 g/mol. The lowest BCUT2D eigenvalue weighted by atomic mass is 10.0. The van der Waals surface area contributed by atoms with Crippen LogP contribution < -0.4 is 10.1 Å². The standard InChI is InChI=1S/C23H26ClN3O/c1-2-28-22-15-17(7-9-20(22)24)16-27-13-11-19(12-14-27)25-23-10-8-18-5-3-4-6-21(18)26-23/h3-10,15,19H,2,11-14,16H2,1H3,(H,25,26). The van der Waals surface area contributed by atoms with E-state index in [-0.39, 0.29) is 0 Å². The summed E-state index contributed by atoms with van der Waals surface area (Å²) in [4.78, 5) is 7.23. The highest BCUT2D eigenvalue weighted by Gasteiger charge is 2.20. The fourth-order valence-corrected chi connectivity index (χ4v) is 3.93. The van der Waals surface area contributed by atoms with Crippen LogP contribution in [0.1, 0.15) is 25.3 Å². The molecule has 4 nitrogen and oxygen atoms in total. The second-order valence-corrected chi connectivity index (χ2v) is 7.69. The Morgan fingerprint density at radius 1 is 1.11 bits per heavy atom. The SMILES string of the molecule is CCOc1cc(CN2CCC(Nc3ccc4ccccc4n3)CC2)ccc1Cl. The Bertz CT molecular complexity index is 938. The number of pyridine rings is 1. The van der Waals surface area contributed by atoms with E-state index in [2.05, 4.69) is 46.6 Å². The Hall–Kier alpha value is -2.30. The lowest BCUT2D eigenvalue weighted by Crippen LogP contribution is -2.38. The molecule has 1 aromatic heterocycles. The monoisotopic (exact) mass is 395 g/mol. The first-order chi connectivity index (χ1) is 13.7. The third-order valence-corrected chi connectivity index (χ3v) is 5.55. The van der Waals surface area contributed by atoms with E-state index in [1.165, 1.54) is 10.9 Å². The molecular formula is C23H26ClN3O. The zero-order valence-electron chi connectivity index (χ0n) is 16.2. The summed E-state index contributed by atoms with van der Waals surface area (Å²) in [7, 11) is 0. The molecule has 2 aromatic carbocycles. The van der Waals surface area contributed by atoms with Crippen molar-refractivity contribution in [1.82, 2.24) is 9.88 Å². The number of ether oxygens (including phenoxy) is 1. The maximum absolute atomic E-state index is 6.20. The van der Waals surface area contributed by atoms with Gasteiger partial charge in [-0.2, -0.15) is 0 Å². The van der Waals surface area contributed by atoms with Gasteiger partial charge in [-0.25, -0.2) is 4.98 Å². The molecule has 1 saturated heterocycles. The van der Waals surface area contributed by atoms with Gasteiger partial charge in [0.1, 0.15) is 11.6 Å². The summed E-state index contributed by atoms with van der Waals surface area (Å²) in [5.74, 6) is 1.75. The number of fused-ring (bicyclic) bond motifs is 1. The lowest BCUT2D eigenvalue weighted by Gasteiger charge is -2.32. The van der Waals surface area contributed by atoms with Crippen molar-refractivity contribution >= 4 is 28.3 Å². The number of piperidine rings is 1. The average Bonchev–Trinajstić information content (AvgIpc) is 2.72. The molecule has 5 heteroatoms. The Morgan fingerprint density at radius 2 is 1.93 bits per heavy atom. The van der Waals surface area contributed by atoms with Crippen molar-refractivity contribution in [3.05, 3.63) is 65.2 Å². The maximum Gasteiger partial charge on any atom is 0.138 e. The molecule has 2 heterocycles. The zero-order valence-corrected chi connectivity index (χ0v) is 17.0. The number of hydrogen-bond donors (Lipinski definition) is 1. The summed E-state index contributed by atoms with van der Waals surface area (Å²) in [5.41, 5.74) is 2.29. The first-order valence-corrected chi connectivity index (χ1v) is 10.3. The van der Waals surface area contributed by atoms with E-state index in [1.807, 2.05) is 25.1 Å². The van der Waals surface area contributed by atoms with Crippen molar-refractivity contribution in [2.45, 2.75) is 32.4 Å². The van der Waals surface area contributed by atoms with Gasteiger partial charge in [-0.1, -0.05) is 35.9 Å². The van der Waals surface area contributed by atoms with Crippen LogP contribution in [0.5, 0.6) is 5.75 Å². The molecule has 28 heavy (non-hydrogen) atoms. The van der Waals surface area contributed by atoms with E-state index < -0.39 is 0 Å². The number of nitrogens with zero attached hydrogens (tertiary/aromatic N) is 2. The van der Waals surface area contributed by atoms with Gasteiger partial charge in [0.15, 0.2) is 0 Å². The number of para-hydroxylation sites is 1. The molecule has 1 aliphatic heterocycles. The van der Waals surface area contributed by atoms with Gasteiger partial charge < -0.3 is 10.1 Å². The van der Waals surface area contributed by atoms with Crippen LogP contribution in [0.4, 0.5) is 5.82 Å². The minimum Gasteiger partial charge on any atom is -0.492 e. The van der Waals surface area contributed by atoms with Crippen LogP contribution in [0.3, 0.4) is 0 Å². The minimum absolute atomic E-state index is 0.467. The fourth-order valence-electron chi connectivity index (χ4n) is 3.76. The Labute approximate surface area is 171 Å². The van der Waals surface area contributed by atoms with Crippen LogP contribution in [0, 0.1) is 0 Å². The van der Waals surface area contributed by atoms with Crippen LogP contribution in [-0.4, -0.2) is 35.6 Å². The fraction of sp³-hybridized carbons (Fsp3) is 0.348. The van der Waals surface area contributed by atoms with Gasteiger partial charge in [0.05, 0.1) is 17.1 Å². The van der Waals surface area contributed by atoms with E-state index in [1.54, 1.807) is 0 Å². The number of hydrogen-bond acceptors (Lipinski definition) is 4. The summed E-state index contributed by atoms with van der Waals surface area (Å²) in [5, 5.41) is 5.47. The number of nitrogens with one attached hydrogen (secondary N) is 1. The van der Waals surface area contributed by atoms with E-state index in [0.717, 1.165) is 49.6 Å². The smallest absolute Gasteiger partial charge is 0.138 e. The Morgan fingerprint density at radius 3 is 2.75 bits per heavy atom. The van der Waals surface area contributed by atoms with E-state index >= 15 is 0 Å². The minimum atomic E-state index is 0.467. The third-order valence-electron chi connectivity index (χ3n) is 5.24. The third kappa shape index (κ3) is 4.57. The van der Waals surface area contributed by atoms with Gasteiger partial charge in [-0.15, -0.1) is 0 Å². The normalized spacial score (nSPS) is 15.6. The summed E-state index contributed by atoms with van der Waals surface area (Å²) < 4.78 is 5.61. The van der Waals surface area contributed by atoms with Crippen molar-refractivity contribution in [3.63, 3.8) is 0 Å². The predicted octanol–water partition coefficient (Wildman–Crippen LogP) is 5.36. The topological polar surface area (TPSA) is 37.4 Å². The number of benzene rings is 2. The van der Waals surface area contributed by atoms with Gasteiger partial charge >= 0.3 is 0 Å². The van der Waals surface area contributed by atoms with Gasteiger partial charge in [0, 0.05) is 31.1 Å². The van der Waals surface area contributed by atoms with Crippen LogP contribution in [0.15, 0.2) is 54.6 Å². The molecule has 1 N–H and O–H groups in total. The molecule has 146 valence electrons. The largest absolute Gasteiger partial charge is 0.492 e. The molecule has 1 aliphatic rings. The van der Waals surface area contributed by atoms with Gasteiger partial charge in [0.25, 0.3) is 0 Å². The molecule has 3 aromatic rings. The number of halogens is 1. The number of anilines is 1. The van der Waals surface area contributed by atoms with E-state index in [9.17, 15) is 0 Å². The van der Waals surface area contributed by atoms with E-state index in [4.69, 9.17) is 21.3 Å². The highest BCUT2D eigenvalue weighted by Crippen LogP contribution is 2.27. The van der Waals surface area contributed by atoms with Gasteiger partial charge in [-0.05, 0) is 55.7 Å². The number of aromatic nitrogens is 1. The van der Waals surface area contributed by atoms with Crippen molar-refractivity contribution in [3.8, 4) is 5.75 Å². The summed E-state index contributed by atoms with van der Waals surface area (Å²) >= 11 is 6.20. The molecule has 4 rings (SSSR count). The first kappa shape index (κ1) is 19.0. The van der Waals surface area contributed by atoms with Gasteiger partial charge in [-0.3, -0.25) is 4.90 Å². The zero-order chi connectivity index (χ0) is 19.3. The second kappa shape index (κ2) is 8.80. The van der Waals surface area contributed by atoms with Crippen molar-refractivity contribution in [2.24, 2.45) is 0 Å². The quantitative estimate of drug-likeness (QED) is 0.609. The molecule has 0 radical (unpaired) electrons. The molecule has 0 saturated carbocycles. The van der Waals surface area contributed by atoms with Crippen molar-refractivity contribution < 1.29 is 4.74 Å². The molecule has 0 bridgehead atoms. The number of likely N-dealkylation sites (tertiary alicyclic amines) is 1. The van der Waals surface area contributed by atoms with Crippen LogP contribution in [0.25, 0.3) is 10.9 Å². The predicted molar refractivity (Wildman–Crippen MR) is 116 cm³/mol. The molecule has 0 atom stereocenters. The number of rotatable bonds is 6. The highest BCUT2D eigenvalue weighted by molar-refractivity contribution is 6.32. The molecule has 0 unspecified atom stereocenters. The highest BCUT2D eigenvalue weighted by atomic mass is 35.5. The molecule has 0 spiro atoms. The summed E-state index contributed by atoms with van der Waals surface area (Å²) in [6.45, 7) is 5.67. The first-order valence-electron chi connectivity index (χ1n) is 9.97. The van der Waals surface area contributed by atoms with E-state index in [0.29, 0.717) is 17.7 Å². The molecule has 1 fully saturated rings. The molecule has 0 aliphatic carbocycles. The van der Waals surface area contributed by atoms with Gasteiger partial charge in [0.2, 0.25) is 0 Å². The Balaban J connectivity index is 1.32. The van der Waals surface area contributed by atoms with Crippen molar-refractivity contribution in [2.75, 3.05) is 25.0 Å². The summed E-state index contributed by atoms with van der Waals surface area (Å²) in [6.07, 6.45) is 2.22. The molecule has 0 amide bonds. The second-order valence-electron chi connectivity index (χ2n) is 7.28. The van der Waals surface area contributed by atoms with Crippen LogP contribution in [-0.2, 0) is 6.54 Å². The van der Waals surface area contributed by atoms with Crippen molar-refractivity contribution in [1.29, 1.82) is 0 Å². The summed E-state index contributed by atoms with van der Waals surface area (Å²) in [6, 6.07) is 19.0. The lowest BCUT2D eigenvalue weighted by molar-refractivity contribution is 0.211.